The van der Waals surface area contributed by atoms with E-state index in [2.05, 4.69) is 15.6 Å². The summed E-state index contributed by atoms with van der Waals surface area (Å²) in [6.07, 6.45) is 2.38. The topological polar surface area (TPSA) is 94.9 Å². The number of rotatable bonds is 8. The van der Waals surface area contributed by atoms with Gasteiger partial charge in [0.2, 0.25) is 5.75 Å². The summed E-state index contributed by atoms with van der Waals surface area (Å²) in [6.45, 7) is 3.95. The molecule has 3 rings (SSSR count). The van der Waals surface area contributed by atoms with Crippen LogP contribution in [-0.2, 0) is 0 Å². The SMILES string of the molecule is CC[C@@H](C)NC(=O)c1cc2occc2c(Nc2cc(OC)c(OC)c(OC)c2)n1. The number of carbonyl (C=O) groups excluding carboxylic acids is 1. The summed E-state index contributed by atoms with van der Waals surface area (Å²) < 4.78 is 21.7. The molecule has 0 aliphatic heterocycles. The van der Waals surface area contributed by atoms with Gasteiger partial charge in [0, 0.05) is 29.9 Å². The molecule has 2 heterocycles. The largest absolute Gasteiger partial charge is 0.493 e. The molecular weight excluding hydrogens is 374 g/mol. The standard InChI is InChI=1S/C21H25N3O5/c1-6-12(2)22-21(25)15-11-16-14(7-8-29-16)20(24-15)23-13-9-17(26-3)19(28-5)18(10-13)27-4/h7-12H,6H2,1-5H3,(H,22,25)(H,23,24)/t12-/m1/s1. The van der Waals surface area contributed by atoms with Gasteiger partial charge in [-0.05, 0) is 19.4 Å². The van der Waals surface area contributed by atoms with Gasteiger partial charge in [-0.25, -0.2) is 4.98 Å². The van der Waals surface area contributed by atoms with Crippen molar-refractivity contribution in [2.45, 2.75) is 26.3 Å². The third kappa shape index (κ3) is 4.21. The maximum Gasteiger partial charge on any atom is 0.270 e. The van der Waals surface area contributed by atoms with Crippen molar-refractivity contribution >= 4 is 28.4 Å². The fraction of sp³-hybridized carbons (Fsp3) is 0.333. The molecule has 29 heavy (non-hydrogen) atoms. The van der Waals surface area contributed by atoms with Gasteiger partial charge in [-0.3, -0.25) is 4.79 Å². The molecule has 2 aromatic heterocycles. The number of amides is 1. The molecule has 0 bridgehead atoms. The van der Waals surface area contributed by atoms with E-state index in [1.54, 1.807) is 51.9 Å². The van der Waals surface area contributed by atoms with Crippen molar-refractivity contribution in [3.63, 3.8) is 0 Å². The molecule has 154 valence electrons. The zero-order valence-corrected chi connectivity index (χ0v) is 17.2. The fourth-order valence-corrected chi connectivity index (χ4v) is 2.87. The van der Waals surface area contributed by atoms with E-state index < -0.39 is 0 Å². The number of benzene rings is 1. The Morgan fingerprint density at radius 1 is 1.14 bits per heavy atom. The van der Waals surface area contributed by atoms with Crippen molar-refractivity contribution in [3.8, 4) is 17.2 Å². The molecule has 0 fully saturated rings. The summed E-state index contributed by atoms with van der Waals surface area (Å²) in [5.41, 5.74) is 1.49. The minimum Gasteiger partial charge on any atom is -0.493 e. The molecule has 0 unspecified atom stereocenters. The van der Waals surface area contributed by atoms with Crippen molar-refractivity contribution < 1.29 is 23.4 Å². The number of nitrogens with one attached hydrogen (secondary N) is 2. The summed E-state index contributed by atoms with van der Waals surface area (Å²) in [4.78, 5) is 17.1. The van der Waals surface area contributed by atoms with Crippen LogP contribution in [0.2, 0.25) is 0 Å². The van der Waals surface area contributed by atoms with Crippen LogP contribution in [0, 0.1) is 0 Å². The van der Waals surface area contributed by atoms with Gasteiger partial charge in [0.25, 0.3) is 5.91 Å². The number of pyridine rings is 1. The Labute approximate surface area is 169 Å². The molecule has 1 atom stereocenters. The molecule has 0 radical (unpaired) electrons. The van der Waals surface area contributed by atoms with E-state index in [9.17, 15) is 4.79 Å². The number of carbonyl (C=O) groups is 1. The summed E-state index contributed by atoms with van der Waals surface area (Å²) in [7, 11) is 4.64. The van der Waals surface area contributed by atoms with Crippen LogP contribution in [0.1, 0.15) is 30.8 Å². The van der Waals surface area contributed by atoms with Gasteiger partial charge >= 0.3 is 0 Å². The summed E-state index contributed by atoms with van der Waals surface area (Å²) in [5, 5.41) is 6.90. The van der Waals surface area contributed by atoms with Crippen LogP contribution in [0.25, 0.3) is 11.0 Å². The Morgan fingerprint density at radius 2 is 1.83 bits per heavy atom. The number of furan rings is 1. The third-order valence-corrected chi connectivity index (χ3v) is 4.60. The van der Waals surface area contributed by atoms with Crippen LogP contribution >= 0.6 is 0 Å². The first kappa shape index (κ1) is 20.3. The van der Waals surface area contributed by atoms with Crippen molar-refractivity contribution in [1.82, 2.24) is 10.3 Å². The highest BCUT2D eigenvalue weighted by Crippen LogP contribution is 2.41. The van der Waals surface area contributed by atoms with Crippen molar-refractivity contribution in [1.29, 1.82) is 0 Å². The molecule has 8 nitrogen and oxygen atoms in total. The molecule has 0 saturated heterocycles. The summed E-state index contributed by atoms with van der Waals surface area (Å²) in [5.74, 6) is 1.72. The van der Waals surface area contributed by atoms with E-state index >= 15 is 0 Å². The second-order valence-electron chi connectivity index (χ2n) is 6.51. The molecule has 8 heteroatoms. The Balaban J connectivity index is 2.02. The van der Waals surface area contributed by atoms with Gasteiger partial charge in [-0.15, -0.1) is 0 Å². The number of fused-ring (bicyclic) bond motifs is 1. The highest BCUT2D eigenvalue weighted by atomic mass is 16.5. The van der Waals surface area contributed by atoms with Gasteiger partial charge in [-0.2, -0.15) is 0 Å². The van der Waals surface area contributed by atoms with E-state index in [1.807, 2.05) is 13.8 Å². The van der Waals surface area contributed by atoms with E-state index in [1.165, 1.54) is 0 Å². The van der Waals surface area contributed by atoms with E-state index in [-0.39, 0.29) is 17.6 Å². The van der Waals surface area contributed by atoms with Crippen LogP contribution in [0.5, 0.6) is 17.2 Å². The maximum absolute atomic E-state index is 12.6. The first-order valence-corrected chi connectivity index (χ1v) is 9.26. The molecular formula is C21H25N3O5. The molecule has 0 saturated carbocycles. The third-order valence-electron chi connectivity index (χ3n) is 4.60. The van der Waals surface area contributed by atoms with E-state index in [4.69, 9.17) is 18.6 Å². The number of methoxy groups -OCH3 is 3. The van der Waals surface area contributed by atoms with E-state index in [0.29, 0.717) is 34.3 Å². The Hall–Kier alpha value is -3.42. The van der Waals surface area contributed by atoms with Gasteiger partial charge < -0.3 is 29.3 Å². The second kappa shape index (κ2) is 8.72. The van der Waals surface area contributed by atoms with Crippen LogP contribution in [0.15, 0.2) is 34.9 Å². The first-order valence-electron chi connectivity index (χ1n) is 9.26. The minimum absolute atomic E-state index is 0.0446. The smallest absolute Gasteiger partial charge is 0.270 e. The molecule has 3 aromatic rings. The van der Waals surface area contributed by atoms with Crippen molar-refractivity contribution in [3.05, 3.63) is 36.2 Å². The lowest BCUT2D eigenvalue weighted by Gasteiger charge is -2.16. The van der Waals surface area contributed by atoms with Crippen molar-refractivity contribution in [2.24, 2.45) is 0 Å². The first-order chi connectivity index (χ1) is 14.0. The molecule has 0 spiro atoms. The molecule has 0 aliphatic carbocycles. The van der Waals surface area contributed by atoms with Gasteiger partial charge in [0.1, 0.15) is 17.1 Å². The van der Waals surface area contributed by atoms with Crippen LogP contribution in [0.4, 0.5) is 11.5 Å². The summed E-state index contributed by atoms with van der Waals surface area (Å²) >= 11 is 0. The highest BCUT2D eigenvalue weighted by molar-refractivity contribution is 5.99. The Kier molecular flexibility index (Phi) is 6.11. The van der Waals surface area contributed by atoms with Gasteiger partial charge in [0.05, 0.1) is 33.0 Å². The predicted octanol–water partition coefficient (Wildman–Crippen LogP) is 4.13. The number of anilines is 2. The van der Waals surface area contributed by atoms with E-state index in [0.717, 1.165) is 11.8 Å². The van der Waals surface area contributed by atoms with Crippen molar-refractivity contribution in [2.75, 3.05) is 26.6 Å². The van der Waals surface area contributed by atoms with Crippen LogP contribution < -0.4 is 24.8 Å². The number of aromatic nitrogens is 1. The van der Waals surface area contributed by atoms with Crippen LogP contribution in [0.3, 0.4) is 0 Å². The number of hydrogen-bond donors (Lipinski definition) is 2. The molecule has 0 aliphatic rings. The quantitative estimate of drug-likeness (QED) is 0.588. The molecule has 2 N–H and O–H groups in total. The Morgan fingerprint density at radius 3 is 2.41 bits per heavy atom. The normalized spacial score (nSPS) is 11.8. The Bertz CT molecular complexity index is 990. The monoisotopic (exact) mass is 399 g/mol. The lowest BCUT2D eigenvalue weighted by atomic mass is 10.2. The van der Waals surface area contributed by atoms with Gasteiger partial charge in [0.15, 0.2) is 11.5 Å². The second-order valence-corrected chi connectivity index (χ2v) is 6.51. The number of hydrogen-bond acceptors (Lipinski definition) is 7. The maximum atomic E-state index is 12.6. The lowest BCUT2D eigenvalue weighted by Crippen LogP contribution is -2.32. The number of nitrogens with zero attached hydrogens (tertiary/aromatic N) is 1. The summed E-state index contributed by atoms with van der Waals surface area (Å²) in [6, 6.07) is 7.00. The lowest BCUT2D eigenvalue weighted by molar-refractivity contribution is 0.0934. The zero-order valence-electron chi connectivity index (χ0n) is 17.2. The average molecular weight is 399 g/mol. The van der Waals surface area contributed by atoms with Crippen LogP contribution in [-0.4, -0.2) is 38.3 Å². The fourth-order valence-electron chi connectivity index (χ4n) is 2.87. The molecule has 1 amide bonds. The highest BCUT2D eigenvalue weighted by Gasteiger charge is 2.18. The average Bonchev–Trinajstić information content (AvgIpc) is 3.21. The predicted molar refractivity (Wildman–Crippen MR) is 111 cm³/mol. The van der Waals surface area contributed by atoms with Gasteiger partial charge in [-0.1, -0.05) is 6.92 Å². The number of ether oxygens (including phenoxy) is 3. The molecule has 1 aromatic carbocycles. The minimum atomic E-state index is -0.259. The zero-order chi connectivity index (χ0) is 21.0.